The molecule has 0 aromatic heterocycles. The van der Waals surface area contributed by atoms with E-state index in [9.17, 15) is 4.79 Å². The highest BCUT2D eigenvalue weighted by Crippen LogP contribution is 2.33. The third-order valence-corrected chi connectivity index (χ3v) is 5.67. The Balaban J connectivity index is 1.65. The number of amides is 1. The first kappa shape index (κ1) is 19.7. The predicted molar refractivity (Wildman–Crippen MR) is 111 cm³/mol. The van der Waals surface area contributed by atoms with Crippen molar-refractivity contribution in [2.24, 2.45) is 0 Å². The summed E-state index contributed by atoms with van der Waals surface area (Å²) >= 11 is 3.60. The molecule has 27 heavy (non-hydrogen) atoms. The highest BCUT2D eigenvalue weighted by Gasteiger charge is 2.21. The summed E-state index contributed by atoms with van der Waals surface area (Å²) in [7, 11) is 3.27. The molecular weight excluding hydrogens is 408 g/mol. The summed E-state index contributed by atoms with van der Waals surface area (Å²) in [5.41, 5.74) is 3.26. The average molecular weight is 433 g/mol. The Morgan fingerprint density at radius 1 is 1.15 bits per heavy atom. The second-order valence-corrected chi connectivity index (χ2v) is 7.50. The maximum Gasteiger partial charge on any atom is 0.227 e. The van der Waals surface area contributed by atoms with Crippen molar-refractivity contribution in [2.75, 3.05) is 25.7 Å². The molecule has 0 saturated carbocycles. The Morgan fingerprint density at radius 3 is 2.41 bits per heavy atom. The van der Waals surface area contributed by atoms with Gasteiger partial charge in [-0.2, -0.15) is 0 Å². The van der Waals surface area contributed by atoms with Gasteiger partial charge in [-0.15, -0.1) is 0 Å². The summed E-state index contributed by atoms with van der Waals surface area (Å²) in [6, 6.07) is 12.3. The molecule has 1 aliphatic rings. The third kappa shape index (κ3) is 4.45. The second-order valence-electron chi connectivity index (χ2n) is 6.64. The number of carbonyl (C=O) groups excluding carboxylic acids is 1. The fraction of sp³-hybridized carbons (Fsp3) is 0.381. The van der Waals surface area contributed by atoms with Crippen LogP contribution in [0.2, 0.25) is 0 Å². The molecule has 144 valence electrons. The van der Waals surface area contributed by atoms with E-state index < -0.39 is 0 Å². The molecule has 1 amide bonds. The van der Waals surface area contributed by atoms with Gasteiger partial charge in [0, 0.05) is 35.7 Å². The van der Waals surface area contributed by atoms with E-state index in [-0.39, 0.29) is 11.9 Å². The van der Waals surface area contributed by atoms with Gasteiger partial charge in [0.25, 0.3) is 0 Å². The molecule has 2 aromatic carbocycles. The van der Waals surface area contributed by atoms with Crippen LogP contribution in [0.5, 0.6) is 11.5 Å². The zero-order valence-electron chi connectivity index (χ0n) is 15.9. The van der Waals surface area contributed by atoms with E-state index in [1.807, 2.05) is 29.2 Å². The van der Waals surface area contributed by atoms with Crippen molar-refractivity contribution in [3.05, 3.63) is 52.0 Å². The Labute approximate surface area is 168 Å². The molecule has 0 spiro atoms. The maximum atomic E-state index is 11.9. The number of ether oxygens (including phenoxy) is 2. The van der Waals surface area contributed by atoms with Crippen molar-refractivity contribution in [3.63, 3.8) is 0 Å². The Hall–Kier alpha value is -2.05. The summed E-state index contributed by atoms with van der Waals surface area (Å²) in [5, 5.41) is 3.54. The first-order valence-corrected chi connectivity index (χ1v) is 9.87. The number of methoxy groups -OCH3 is 2. The van der Waals surface area contributed by atoms with E-state index in [4.69, 9.17) is 9.47 Å². The number of carbonyl (C=O) groups is 1. The number of nitrogens with one attached hydrogen (secondary N) is 1. The van der Waals surface area contributed by atoms with Gasteiger partial charge in [0.1, 0.15) is 0 Å². The van der Waals surface area contributed by atoms with Crippen molar-refractivity contribution in [1.29, 1.82) is 0 Å². The monoisotopic (exact) mass is 432 g/mol. The SMILES string of the molecule is COc1cc(Br)c(CNC(C)c2ccc(N3CCCC3=O)cc2)cc1OC. The van der Waals surface area contributed by atoms with Crippen LogP contribution >= 0.6 is 15.9 Å². The minimum atomic E-state index is 0.174. The van der Waals surface area contributed by atoms with Crippen molar-refractivity contribution in [1.82, 2.24) is 5.32 Å². The third-order valence-electron chi connectivity index (χ3n) is 4.93. The Bertz CT molecular complexity index is 808. The fourth-order valence-electron chi connectivity index (χ4n) is 3.28. The molecule has 1 N–H and O–H groups in total. The normalized spacial score (nSPS) is 15.1. The van der Waals surface area contributed by atoms with Crippen LogP contribution in [0.1, 0.15) is 36.9 Å². The number of hydrogen-bond donors (Lipinski definition) is 1. The Morgan fingerprint density at radius 2 is 1.81 bits per heavy atom. The van der Waals surface area contributed by atoms with Crippen LogP contribution in [0.3, 0.4) is 0 Å². The van der Waals surface area contributed by atoms with Gasteiger partial charge in [-0.3, -0.25) is 4.79 Å². The molecule has 0 bridgehead atoms. The van der Waals surface area contributed by atoms with E-state index in [1.54, 1.807) is 14.2 Å². The van der Waals surface area contributed by atoms with Gasteiger partial charge in [0.2, 0.25) is 5.91 Å². The highest BCUT2D eigenvalue weighted by atomic mass is 79.9. The summed E-state index contributed by atoms with van der Waals surface area (Å²) in [5.74, 6) is 1.63. The fourth-order valence-corrected chi connectivity index (χ4v) is 3.74. The van der Waals surface area contributed by atoms with Crippen molar-refractivity contribution < 1.29 is 14.3 Å². The van der Waals surface area contributed by atoms with Crippen LogP contribution in [0.25, 0.3) is 0 Å². The standard InChI is InChI=1S/C21H25BrN2O3/c1-14(15-6-8-17(9-7-15)24-10-4-5-21(24)25)23-13-16-11-19(26-2)20(27-3)12-18(16)22/h6-9,11-12,14,23H,4-5,10,13H2,1-3H3. The number of nitrogens with zero attached hydrogens (tertiary/aromatic N) is 1. The Kier molecular flexibility index (Phi) is 6.39. The van der Waals surface area contributed by atoms with Crippen molar-refractivity contribution >= 4 is 27.5 Å². The molecule has 0 aliphatic carbocycles. The van der Waals surface area contributed by atoms with Gasteiger partial charge in [0.05, 0.1) is 14.2 Å². The second kappa shape index (κ2) is 8.76. The number of rotatable bonds is 7. The summed E-state index contributed by atoms with van der Waals surface area (Å²) in [6.07, 6.45) is 1.60. The molecular formula is C21H25BrN2O3. The maximum absolute atomic E-state index is 11.9. The number of halogens is 1. The molecule has 1 atom stereocenters. The molecule has 3 rings (SSSR count). The van der Waals surface area contributed by atoms with E-state index in [1.165, 1.54) is 5.56 Å². The van der Waals surface area contributed by atoms with Crippen LogP contribution in [0.15, 0.2) is 40.9 Å². The van der Waals surface area contributed by atoms with Crippen LogP contribution < -0.4 is 19.7 Å². The first-order chi connectivity index (χ1) is 13.0. The van der Waals surface area contributed by atoms with Gasteiger partial charge < -0.3 is 19.7 Å². The highest BCUT2D eigenvalue weighted by molar-refractivity contribution is 9.10. The van der Waals surface area contributed by atoms with Gasteiger partial charge in [-0.25, -0.2) is 0 Å². The first-order valence-electron chi connectivity index (χ1n) is 9.07. The molecule has 1 unspecified atom stereocenters. The van der Waals surface area contributed by atoms with E-state index in [0.29, 0.717) is 24.5 Å². The zero-order valence-corrected chi connectivity index (χ0v) is 17.5. The lowest BCUT2D eigenvalue weighted by Gasteiger charge is -2.19. The van der Waals surface area contributed by atoms with Crippen LogP contribution in [0, 0.1) is 0 Å². The molecule has 1 fully saturated rings. The lowest BCUT2D eigenvalue weighted by Crippen LogP contribution is -2.23. The van der Waals surface area contributed by atoms with E-state index in [2.05, 4.69) is 40.3 Å². The molecule has 5 nitrogen and oxygen atoms in total. The molecule has 2 aromatic rings. The molecule has 6 heteroatoms. The molecule has 1 saturated heterocycles. The largest absolute Gasteiger partial charge is 0.493 e. The van der Waals surface area contributed by atoms with Gasteiger partial charge in [0.15, 0.2) is 11.5 Å². The molecule has 1 aliphatic heterocycles. The van der Waals surface area contributed by atoms with E-state index >= 15 is 0 Å². The van der Waals surface area contributed by atoms with Crippen molar-refractivity contribution in [2.45, 2.75) is 32.4 Å². The van der Waals surface area contributed by atoms with Gasteiger partial charge in [-0.1, -0.05) is 28.1 Å². The zero-order chi connectivity index (χ0) is 19.4. The van der Waals surface area contributed by atoms with Crippen LogP contribution in [0.4, 0.5) is 5.69 Å². The summed E-state index contributed by atoms with van der Waals surface area (Å²) in [4.78, 5) is 13.7. The minimum absolute atomic E-state index is 0.174. The summed E-state index contributed by atoms with van der Waals surface area (Å²) in [6.45, 7) is 3.64. The van der Waals surface area contributed by atoms with E-state index in [0.717, 1.165) is 28.7 Å². The molecule has 0 radical (unpaired) electrons. The topological polar surface area (TPSA) is 50.8 Å². The average Bonchev–Trinajstić information content (AvgIpc) is 3.12. The minimum Gasteiger partial charge on any atom is -0.493 e. The lowest BCUT2D eigenvalue weighted by molar-refractivity contribution is -0.117. The quantitative estimate of drug-likeness (QED) is 0.702. The van der Waals surface area contributed by atoms with Crippen LogP contribution in [-0.2, 0) is 11.3 Å². The summed E-state index contributed by atoms with van der Waals surface area (Å²) < 4.78 is 11.7. The number of benzene rings is 2. The number of anilines is 1. The van der Waals surface area contributed by atoms with Crippen LogP contribution in [-0.4, -0.2) is 26.7 Å². The lowest BCUT2D eigenvalue weighted by atomic mass is 10.1. The van der Waals surface area contributed by atoms with Crippen molar-refractivity contribution in [3.8, 4) is 11.5 Å². The number of hydrogen-bond acceptors (Lipinski definition) is 4. The smallest absolute Gasteiger partial charge is 0.227 e. The predicted octanol–water partition coefficient (Wildman–Crippen LogP) is 4.44. The molecule has 1 heterocycles. The van der Waals surface area contributed by atoms with Gasteiger partial charge >= 0.3 is 0 Å². The van der Waals surface area contributed by atoms with Gasteiger partial charge in [-0.05, 0) is 48.7 Å².